The molecule has 0 spiro atoms. The maximum absolute atomic E-state index is 4.61. The summed E-state index contributed by atoms with van der Waals surface area (Å²) < 4.78 is 0. The second-order valence-electron chi connectivity index (χ2n) is 5.52. The molecule has 0 amide bonds. The largest absolute Gasteiger partial charge is 0.298 e. The first-order valence-electron chi connectivity index (χ1n) is 7.20. The Morgan fingerprint density at radius 3 is 3.11 bits per heavy atom. The van der Waals surface area contributed by atoms with Gasteiger partial charge in [0.2, 0.25) is 0 Å². The van der Waals surface area contributed by atoms with Gasteiger partial charge in [-0.3, -0.25) is 9.80 Å². The van der Waals surface area contributed by atoms with E-state index in [-0.39, 0.29) is 0 Å². The highest BCUT2D eigenvalue weighted by atomic mass is 32.1. The second kappa shape index (κ2) is 5.27. The van der Waals surface area contributed by atoms with Crippen LogP contribution >= 0.6 is 11.3 Å². The normalized spacial score (nSPS) is 27.3. The summed E-state index contributed by atoms with van der Waals surface area (Å²) in [7, 11) is 0. The molecular weight excluding hydrogens is 242 g/mol. The molecule has 0 N–H and O–H groups in total. The van der Waals surface area contributed by atoms with E-state index < -0.39 is 0 Å². The van der Waals surface area contributed by atoms with E-state index >= 15 is 0 Å². The highest BCUT2D eigenvalue weighted by molar-refractivity contribution is 7.11. The van der Waals surface area contributed by atoms with Gasteiger partial charge < -0.3 is 0 Å². The van der Waals surface area contributed by atoms with Crippen molar-refractivity contribution in [3.63, 3.8) is 0 Å². The predicted molar refractivity (Wildman–Crippen MR) is 76.1 cm³/mol. The summed E-state index contributed by atoms with van der Waals surface area (Å²) in [5.41, 5.74) is 0. The van der Waals surface area contributed by atoms with Gasteiger partial charge in [0.15, 0.2) is 0 Å². The molecule has 0 aromatic carbocycles. The van der Waals surface area contributed by atoms with E-state index in [4.69, 9.17) is 0 Å². The van der Waals surface area contributed by atoms with Crippen LogP contribution in [0.5, 0.6) is 0 Å². The molecule has 100 valence electrons. The first-order valence-corrected chi connectivity index (χ1v) is 8.02. The lowest BCUT2D eigenvalue weighted by Gasteiger charge is -2.40. The molecule has 1 aromatic rings. The molecule has 3 rings (SSSR count). The zero-order valence-electron chi connectivity index (χ0n) is 11.4. The fourth-order valence-corrected chi connectivity index (χ4v) is 4.15. The SMILES string of the molecule is CCc1cnc(C(C)N2CCN3CCCC3C2)s1. The number of rotatable bonds is 3. The molecule has 2 fully saturated rings. The van der Waals surface area contributed by atoms with Gasteiger partial charge in [-0.15, -0.1) is 11.3 Å². The summed E-state index contributed by atoms with van der Waals surface area (Å²) in [4.78, 5) is 11.3. The van der Waals surface area contributed by atoms with Crippen molar-refractivity contribution in [2.45, 2.75) is 45.2 Å². The predicted octanol–water partition coefficient (Wildman–Crippen LogP) is 2.55. The smallest absolute Gasteiger partial charge is 0.110 e. The van der Waals surface area contributed by atoms with Crippen LogP contribution in [0.15, 0.2) is 6.20 Å². The lowest BCUT2D eigenvalue weighted by molar-refractivity contribution is 0.0769. The molecule has 4 heteroatoms. The zero-order valence-corrected chi connectivity index (χ0v) is 12.2. The van der Waals surface area contributed by atoms with E-state index in [9.17, 15) is 0 Å². The number of piperazine rings is 1. The fraction of sp³-hybridized carbons (Fsp3) is 0.786. The van der Waals surface area contributed by atoms with E-state index in [1.165, 1.54) is 48.9 Å². The monoisotopic (exact) mass is 265 g/mol. The van der Waals surface area contributed by atoms with Crippen LogP contribution in [0.3, 0.4) is 0 Å². The number of aryl methyl sites for hydroxylation is 1. The average Bonchev–Trinajstić information content (AvgIpc) is 3.05. The summed E-state index contributed by atoms with van der Waals surface area (Å²) in [6.45, 7) is 9.55. The molecule has 1 aromatic heterocycles. The zero-order chi connectivity index (χ0) is 12.5. The Morgan fingerprint density at radius 2 is 2.33 bits per heavy atom. The van der Waals surface area contributed by atoms with Crippen LogP contribution in [0.1, 0.15) is 42.6 Å². The van der Waals surface area contributed by atoms with Crippen molar-refractivity contribution in [3.05, 3.63) is 16.1 Å². The van der Waals surface area contributed by atoms with Crippen LogP contribution in [-0.2, 0) is 6.42 Å². The molecular formula is C14H23N3S. The van der Waals surface area contributed by atoms with Gasteiger partial charge >= 0.3 is 0 Å². The van der Waals surface area contributed by atoms with Crippen LogP contribution in [-0.4, -0.2) is 47.0 Å². The Morgan fingerprint density at radius 1 is 1.44 bits per heavy atom. The maximum Gasteiger partial charge on any atom is 0.110 e. The minimum Gasteiger partial charge on any atom is -0.298 e. The molecule has 0 radical (unpaired) electrons. The molecule has 3 nitrogen and oxygen atoms in total. The highest BCUT2D eigenvalue weighted by Gasteiger charge is 2.33. The van der Waals surface area contributed by atoms with Gasteiger partial charge in [0.1, 0.15) is 5.01 Å². The summed E-state index contributed by atoms with van der Waals surface area (Å²) in [5, 5.41) is 1.30. The molecule has 18 heavy (non-hydrogen) atoms. The molecule has 2 saturated heterocycles. The summed E-state index contributed by atoms with van der Waals surface area (Å²) in [6, 6.07) is 1.31. The quantitative estimate of drug-likeness (QED) is 0.837. The van der Waals surface area contributed by atoms with Gasteiger partial charge in [0, 0.05) is 36.8 Å². The maximum atomic E-state index is 4.61. The van der Waals surface area contributed by atoms with Crippen LogP contribution < -0.4 is 0 Å². The van der Waals surface area contributed by atoms with Crippen LogP contribution in [0.4, 0.5) is 0 Å². The summed E-state index contributed by atoms with van der Waals surface area (Å²) >= 11 is 1.89. The lowest BCUT2D eigenvalue weighted by Crippen LogP contribution is -2.50. The Bertz CT molecular complexity index is 403. The first kappa shape index (κ1) is 12.6. The van der Waals surface area contributed by atoms with Crippen molar-refractivity contribution in [3.8, 4) is 0 Å². The van der Waals surface area contributed by atoms with Crippen LogP contribution in [0.25, 0.3) is 0 Å². The average molecular weight is 265 g/mol. The van der Waals surface area contributed by atoms with Gasteiger partial charge in [-0.05, 0) is 32.7 Å². The fourth-order valence-electron chi connectivity index (χ4n) is 3.20. The first-order chi connectivity index (χ1) is 8.78. The van der Waals surface area contributed by atoms with Crippen molar-refractivity contribution in [1.29, 1.82) is 0 Å². The third-order valence-corrected chi connectivity index (χ3v) is 5.76. The lowest BCUT2D eigenvalue weighted by atomic mass is 10.1. The van der Waals surface area contributed by atoms with Gasteiger partial charge in [0.05, 0.1) is 6.04 Å². The number of hydrogen-bond acceptors (Lipinski definition) is 4. The third-order valence-electron chi connectivity index (χ3n) is 4.44. The second-order valence-corrected chi connectivity index (χ2v) is 6.67. The summed E-state index contributed by atoms with van der Waals surface area (Å²) in [6.07, 6.45) is 5.95. The molecule has 2 atom stereocenters. The molecule has 0 saturated carbocycles. The Kier molecular flexibility index (Phi) is 3.68. The Balaban J connectivity index is 1.67. The van der Waals surface area contributed by atoms with Crippen molar-refractivity contribution in [2.24, 2.45) is 0 Å². The minimum atomic E-state index is 0.498. The van der Waals surface area contributed by atoms with Crippen LogP contribution in [0, 0.1) is 0 Å². The molecule has 2 aliphatic heterocycles. The number of thiazole rings is 1. The minimum absolute atomic E-state index is 0.498. The van der Waals surface area contributed by atoms with Crippen molar-refractivity contribution >= 4 is 11.3 Å². The van der Waals surface area contributed by atoms with Gasteiger partial charge in [-0.1, -0.05) is 6.92 Å². The van der Waals surface area contributed by atoms with Gasteiger partial charge in [0.25, 0.3) is 0 Å². The Hall–Kier alpha value is -0.450. The van der Waals surface area contributed by atoms with Crippen molar-refractivity contribution in [2.75, 3.05) is 26.2 Å². The molecule has 0 aliphatic carbocycles. The molecule has 2 unspecified atom stereocenters. The third kappa shape index (κ3) is 2.33. The van der Waals surface area contributed by atoms with E-state index in [0.29, 0.717) is 6.04 Å². The van der Waals surface area contributed by atoms with E-state index in [1.807, 2.05) is 11.3 Å². The Labute approximate surface area is 114 Å². The van der Waals surface area contributed by atoms with Crippen molar-refractivity contribution < 1.29 is 0 Å². The molecule has 2 aliphatic rings. The molecule has 3 heterocycles. The van der Waals surface area contributed by atoms with Crippen molar-refractivity contribution in [1.82, 2.24) is 14.8 Å². The van der Waals surface area contributed by atoms with E-state index in [0.717, 1.165) is 12.5 Å². The highest BCUT2D eigenvalue weighted by Crippen LogP contribution is 2.29. The standard InChI is InChI=1S/C14H23N3S/c1-3-13-9-15-14(18-13)11(2)17-8-7-16-6-4-5-12(16)10-17/h9,11-12H,3-8,10H2,1-2H3. The number of hydrogen-bond donors (Lipinski definition) is 0. The number of aromatic nitrogens is 1. The van der Waals surface area contributed by atoms with Gasteiger partial charge in [-0.2, -0.15) is 0 Å². The van der Waals surface area contributed by atoms with E-state index in [2.05, 4.69) is 34.8 Å². The number of fused-ring (bicyclic) bond motifs is 1. The topological polar surface area (TPSA) is 19.4 Å². The van der Waals surface area contributed by atoms with E-state index in [1.54, 1.807) is 0 Å². The number of nitrogens with zero attached hydrogens (tertiary/aromatic N) is 3. The summed E-state index contributed by atoms with van der Waals surface area (Å²) in [5.74, 6) is 0. The van der Waals surface area contributed by atoms with Crippen LogP contribution in [0.2, 0.25) is 0 Å². The van der Waals surface area contributed by atoms with Gasteiger partial charge in [-0.25, -0.2) is 4.98 Å². The molecule has 0 bridgehead atoms.